The second kappa shape index (κ2) is 8.45. The molecule has 28 heavy (non-hydrogen) atoms. The minimum absolute atomic E-state index is 0.205. The van der Waals surface area contributed by atoms with Gasteiger partial charge in [0.05, 0.1) is 26.3 Å². The first-order valence-electron chi connectivity index (χ1n) is 9.16. The number of urea groups is 1. The van der Waals surface area contributed by atoms with Gasteiger partial charge >= 0.3 is 6.03 Å². The number of hydrogen-bond acceptors (Lipinski definition) is 5. The monoisotopic (exact) mass is 412 g/mol. The van der Waals surface area contributed by atoms with Crippen molar-refractivity contribution in [3.05, 3.63) is 71.8 Å². The molecule has 2 aromatic carbocycles. The van der Waals surface area contributed by atoms with Crippen LogP contribution < -0.4 is 0 Å². The molecule has 2 saturated heterocycles. The normalized spacial score (nSPS) is 23.0. The number of rotatable bonds is 2. The Labute approximate surface area is 174 Å². The first-order chi connectivity index (χ1) is 13.7. The highest BCUT2D eigenvalue weighted by Crippen LogP contribution is 2.29. The molecule has 7 heteroatoms. The van der Waals surface area contributed by atoms with E-state index in [1.54, 1.807) is 9.80 Å². The number of amides is 2. The van der Waals surface area contributed by atoms with Crippen LogP contribution in [0.1, 0.15) is 23.3 Å². The van der Waals surface area contributed by atoms with E-state index < -0.39 is 12.2 Å². The van der Waals surface area contributed by atoms with Crippen LogP contribution in [0.2, 0.25) is 0 Å². The summed E-state index contributed by atoms with van der Waals surface area (Å²) in [6.07, 6.45) is -0.818. The maximum absolute atomic E-state index is 13.3. The van der Waals surface area contributed by atoms with E-state index >= 15 is 0 Å². The summed E-state index contributed by atoms with van der Waals surface area (Å²) in [5.41, 5.74) is 1.88. The SMILES string of the molecule is O=C(N1CCOC(c2ccccc2)C1=S)N1CCOC(c2ccccc2)C1=S. The van der Waals surface area contributed by atoms with E-state index in [1.165, 1.54) is 0 Å². The van der Waals surface area contributed by atoms with Crippen molar-refractivity contribution in [2.45, 2.75) is 12.2 Å². The quantitative estimate of drug-likeness (QED) is 0.700. The number of carbonyl (C=O) groups is 1. The van der Waals surface area contributed by atoms with E-state index in [1.807, 2.05) is 60.7 Å². The zero-order valence-electron chi connectivity index (χ0n) is 15.2. The average molecular weight is 413 g/mol. The van der Waals surface area contributed by atoms with Crippen LogP contribution >= 0.6 is 24.4 Å². The molecule has 0 aliphatic carbocycles. The molecule has 0 radical (unpaired) electrons. The van der Waals surface area contributed by atoms with Gasteiger partial charge < -0.3 is 9.47 Å². The van der Waals surface area contributed by atoms with E-state index in [2.05, 4.69) is 0 Å². The first kappa shape index (κ1) is 19.1. The fourth-order valence-electron chi connectivity index (χ4n) is 3.43. The average Bonchev–Trinajstić information content (AvgIpc) is 2.75. The fourth-order valence-corrected chi connectivity index (χ4v) is 4.18. The van der Waals surface area contributed by atoms with Crippen LogP contribution in [0.4, 0.5) is 4.79 Å². The van der Waals surface area contributed by atoms with Crippen LogP contribution in [-0.2, 0) is 9.47 Å². The Balaban J connectivity index is 1.53. The topological polar surface area (TPSA) is 42.0 Å². The number of carbonyl (C=O) groups excluding carboxylic acids is 1. The Morgan fingerprint density at radius 2 is 1.14 bits per heavy atom. The molecule has 5 nitrogen and oxygen atoms in total. The largest absolute Gasteiger partial charge is 0.364 e. The van der Waals surface area contributed by atoms with Gasteiger partial charge in [-0.2, -0.15) is 0 Å². The summed E-state index contributed by atoms with van der Waals surface area (Å²) in [5, 5.41) is 0. The second-order valence-corrected chi connectivity index (χ2v) is 7.42. The number of thiocarbonyl (C=S) groups is 2. The van der Waals surface area contributed by atoms with Gasteiger partial charge in [0.25, 0.3) is 0 Å². The van der Waals surface area contributed by atoms with Gasteiger partial charge in [-0.1, -0.05) is 85.1 Å². The van der Waals surface area contributed by atoms with Gasteiger partial charge in [-0.25, -0.2) is 4.79 Å². The van der Waals surface area contributed by atoms with E-state index in [0.29, 0.717) is 36.3 Å². The molecule has 2 fully saturated rings. The number of ether oxygens (including phenoxy) is 2. The molecule has 2 heterocycles. The van der Waals surface area contributed by atoms with Gasteiger partial charge in [-0.3, -0.25) is 9.80 Å². The maximum atomic E-state index is 13.3. The van der Waals surface area contributed by atoms with Crippen molar-refractivity contribution in [2.75, 3.05) is 26.3 Å². The lowest BCUT2D eigenvalue weighted by atomic mass is 10.1. The molecule has 4 rings (SSSR count). The lowest BCUT2D eigenvalue weighted by Gasteiger charge is -2.40. The molecular formula is C21H20N2O3S2. The Morgan fingerprint density at radius 1 is 0.750 bits per heavy atom. The van der Waals surface area contributed by atoms with Crippen LogP contribution in [0.15, 0.2) is 60.7 Å². The van der Waals surface area contributed by atoms with Crippen LogP contribution in [-0.4, -0.2) is 52.1 Å². The summed E-state index contributed by atoms with van der Waals surface area (Å²) in [6.45, 7) is 1.67. The van der Waals surface area contributed by atoms with Crippen molar-refractivity contribution in [1.29, 1.82) is 0 Å². The van der Waals surface area contributed by atoms with Gasteiger partial charge in [0.15, 0.2) is 0 Å². The number of benzene rings is 2. The highest BCUT2D eigenvalue weighted by Gasteiger charge is 2.38. The van der Waals surface area contributed by atoms with E-state index in [-0.39, 0.29) is 6.03 Å². The molecule has 144 valence electrons. The van der Waals surface area contributed by atoms with Gasteiger partial charge in [-0.05, 0) is 11.1 Å². The van der Waals surface area contributed by atoms with Gasteiger partial charge in [0, 0.05) is 0 Å². The minimum Gasteiger partial charge on any atom is -0.364 e. The summed E-state index contributed by atoms with van der Waals surface area (Å²) in [7, 11) is 0. The predicted molar refractivity (Wildman–Crippen MR) is 114 cm³/mol. The van der Waals surface area contributed by atoms with Crippen molar-refractivity contribution in [2.24, 2.45) is 0 Å². The van der Waals surface area contributed by atoms with Crippen LogP contribution in [0.5, 0.6) is 0 Å². The number of nitrogens with zero attached hydrogens (tertiary/aromatic N) is 2. The third-order valence-corrected chi connectivity index (χ3v) is 5.71. The van der Waals surface area contributed by atoms with Gasteiger partial charge in [0.2, 0.25) is 0 Å². The molecule has 0 bridgehead atoms. The Kier molecular flexibility index (Phi) is 5.77. The molecule has 2 aromatic rings. The zero-order valence-corrected chi connectivity index (χ0v) is 16.8. The van der Waals surface area contributed by atoms with E-state index in [0.717, 1.165) is 11.1 Å². The molecule has 2 amide bonds. The highest BCUT2D eigenvalue weighted by molar-refractivity contribution is 7.80. The summed E-state index contributed by atoms with van der Waals surface area (Å²) >= 11 is 11.2. The highest BCUT2D eigenvalue weighted by atomic mass is 32.1. The summed E-state index contributed by atoms with van der Waals surface area (Å²) in [5.74, 6) is 0. The lowest BCUT2D eigenvalue weighted by Crippen LogP contribution is -2.55. The summed E-state index contributed by atoms with van der Waals surface area (Å²) < 4.78 is 11.7. The van der Waals surface area contributed by atoms with Gasteiger partial charge in [0.1, 0.15) is 22.2 Å². The van der Waals surface area contributed by atoms with E-state index in [4.69, 9.17) is 33.9 Å². The standard InChI is InChI=1S/C21H20N2O3S2/c24-21(22-11-13-25-17(19(22)27)15-7-3-1-4-8-15)23-12-14-26-18(20(23)28)16-9-5-2-6-10-16/h1-10,17-18H,11-14H2. The molecule has 0 spiro atoms. The Morgan fingerprint density at radius 3 is 1.54 bits per heavy atom. The van der Waals surface area contributed by atoms with Crippen molar-refractivity contribution >= 4 is 40.4 Å². The maximum Gasteiger partial charge on any atom is 0.330 e. The van der Waals surface area contributed by atoms with E-state index in [9.17, 15) is 4.79 Å². The van der Waals surface area contributed by atoms with Crippen molar-refractivity contribution < 1.29 is 14.3 Å². The fraction of sp³-hybridized carbons (Fsp3) is 0.286. The molecular weight excluding hydrogens is 392 g/mol. The molecule has 2 atom stereocenters. The molecule has 0 N–H and O–H groups in total. The minimum atomic E-state index is -0.409. The van der Waals surface area contributed by atoms with Gasteiger partial charge in [-0.15, -0.1) is 0 Å². The Hall–Kier alpha value is -2.19. The second-order valence-electron chi connectivity index (χ2n) is 6.59. The zero-order chi connectivity index (χ0) is 19.5. The predicted octanol–water partition coefficient (Wildman–Crippen LogP) is 3.91. The molecule has 2 aliphatic rings. The van der Waals surface area contributed by atoms with Crippen LogP contribution in [0, 0.1) is 0 Å². The first-order valence-corrected chi connectivity index (χ1v) is 9.98. The number of morpholine rings is 2. The third-order valence-electron chi connectivity index (χ3n) is 4.85. The smallest absolute Gasteiger partial charge is 0.330 e. The van der Waals surface area contributed by atoms with Crippen LogP contribution in [0.25, 0.3) is 0 Å². The summed E-state index contributed by atoms with van der Waals surface area (Å²) in [4.78, 5) is 17.4. The third kappa shape index (κ3) is 3.71. The molecule has 2 unspecified atom stereocenters. The van der Waals surface area contributed by atoms with Crippen molar-refractivity contribution in [3.8, 4) is 0 Å². The molecule has 0 saturated carbocycles. The Bertz CT molecular complexity index is 804. The lowest BCUT2D eigenvalue weighted by molar-refractivity contribution is 0.0434. The molecule has 0 aromatic heterocycles. The number of hydrogen-bond donors (Lipinski definition) is 0. The molecule has 2 aliphatic heterocycles. The van der Waals surface area contributed by atoms with Crippen molar-refractivity contribution in [3.63, 3.8) is 0 Å². The summed E-state index contributed by atoms with van der Waals surface area (Å²) in [6, 6.07) is 19.2. The van der Waals surface area contributed by atoms with Crippen LogP contribution in [0.3, 0.4) is 0 Å². The van der Waals surface area contributed by atoms with Crippen molar-refractivity contribution in [1.82, 2.24) is 9.80 Å².